The fraction of sp³-hybridized carbons (Fsp3) is 0.933. The molecule has 0 aliphatic heterocycles. The molecule has 5 heteroatoms. The van der Waals surface area contributed by atoms with Gasteiger partial charge in [0.2, 0.25) is 0 Å². The SMILES string of the molecule is CC(C)(C)OCCOC1CCC(NC2CC2)(C(=O)O)C1. The zero-order valence-corrected chi connectivity index (χ0v) is 12.8. The van der Waals surface area contributed by atoms with Gasteiger partial charge in [0.25, 0.3) is 0 Å². The van der Waals surface area contributed by atoms with Gasteiger partial charge >= 0.3 is 5.97 Å². The van der Waals surface area contributed by atoms with E-state index in [0.29, 0.717) is 32.1 Å². The van der Waals surface area contributed by atoms with Crippen LogP contribution < -0.4 is 5.32 Å². The summed E-state index contributed by atoms with van der Waals surface area (Å²) >= 11 is 0. The molecule has 0 radical (unpaired) electrons. The first kappa shape index (κ1) is 15.7. The van der Waals surface area contributed by atoms with E-state index < -0.39 is 11.5 Å². The van der Waals surface area contributed by atoms with Crippen molar-refractivity contribution in [3.63, 3.8) is 0 Å². The highest BCUT2D eigenvalue weighted by Crippen LogP contribution is 2.35. The molecule has 116 valence electrons. The van der Waals surface area contributed by atoms with Crippen LogP contribution in [0.3, 0.4) is 0 Å². The van der Waals surface area contributed by atoms with Gasteiger partial charge in [-0.1, -0.05) is 0 Å². The Morgan fingerprint density at radius 3 is 2.55 bits per heavy atom. The number of carboxylic acid groups (broad SMARTS) is 1. The number of hydrogen-bond donors (Lipinski definition) is 2. The van der Waals surface area contributed by atoms with E-state index >= 15 is 0 Å². The zero-order chi connectivity index (χ0) is 14.8. The van der Waals surface area contributed by atoms with E-state index in [1.54, 1.807) is 0 Å². The predicted molar refractivity (Wildman–Crippen MR) is 75.8 cm³/mol. The van der Waals surface area contributed by atoms with Crippen LogP contribution in [0.4, 0.5) is 0 Å². The lowest BCUT2D eigenvalue weighted by molar-refractivity contribution is -0.145. The van der Waals surface area contributed by atoms with Crippen LogP contribution in [0.15, 0.2) is 0 Å². The minimum Gasteiger partial charge on any atom is -0.480 e. The molecule has 2 aliphatic carbocycles. The molecule has 0 amide bonds. The van der Waals surface area contributed by atoms with Crippen LogP contribution >= 0.6 is 0 Å². The third-order valence-electron chi connectivity index (χ3n) is 3.91. The summed E-state index contributed by atoms with van der Waals surface area (Å²) in [6.45, 7) is 7.12. The summed E-state index contributed by atoms with van der Waals surface area (Å²) in [5.74, 6) is -0.735. The lowest BCUT2D eigenvalue weighted by atomic mass is 9.97. The Morgan fingerprint density at radius 1 is 1.30 bits per heavy atom. The van der Waals surface area contributed by atoms with Crippen LogP contribution in [0.2, 0.25) is 0 Å². The molecule has 0 bridgehead atoms. The average molecular weight is 285 g/mol. The lowest BCUT2D eigenvalue weighted by Gasteiger charge is -2.26. The fourth-order valence-electron chi connectivity index (χ4n) is 2.71. The molecule has 0 saturated heterocycles. The number of hydrogen-bond acceptors (Lipinski definition) is 4. The van der Waals surface area contributed by atoms with Crippen molar-refractivity contribution < 1.29 is 19.4 Å². The summed E-state index contributed by atoms with van der Waals surface area (Å²) in [5.41, 5.74) is -0.923. The molecule has 2 aliphatic rings. The molecule has 0 spiro atoms. The molecule has 0 heterocycles. The molecule has 2 rings (SSSR count). The van der Waals surface area contributed by atoms with E-state index in [-0.39, 0.29) is 11.7 Å². The highest BCUT2D eigenvalue weighted by molar-refractivity contribution is 5.79. The second-order valence-corrected chi connectivity index (χ2v) is 7.00. The Kier molecular flexibility index (Phi) is 4.72. The molecule has 5 nitrogen and oxygen atoms in total. The van der Waals surface area contributed by atoms with E-state index in [9.17, 15) is 9.90 Å². The van der Waals surface area contributed by atoms with Crippen molar-refractivity contribution in [1.29, 1.82) is 0 Å². The Balaban J connectivity index is 1.74. The van der Waals surface area contributed by atoms with Crippen molar-refractivity contribution in [3.8, 4) is 0 Å². The van der Waals surface area contributed by atoms with Gasteiger partial charge in [-0.05, 0) is 46.5 Å². The summed E-state index contributed by atoms with van der Waals surface area (Å²) in [6, 6.07) is 0.397. The summed E-state index contributed by atoms with van der Waals surface area (Å²) in [4.78, 5) is 11.6. The molecular weight excluding hydrogens is 258 g/mol. The molecular formula is C15H27NO4. The van der Waals surface area contributed by atoms with Crippen molar-refractivity contribution in [2.45, 2.75) is 76.2 Å². The monoisotopic (exact) mass is 285 g/mol. The van der Waals surface area contributed by atoms with Gasteiger partial charge in [0.15, 0.2) is 0 Å². The Labute approximate surface area is 121 Å². The van der Waals surface area contributed by atoms with E-state index in [0.717, 1.165) is 19.3 Å². The van der Waals surface area contributed by atoms with Gasteiger partial charge in [0.1, 0.15) is 5.54 Å². The number of aliphatic carboxylic acids is 1. The molecule has 0 aromatic rings. The predicted octanol–water partition coefficient (Wildman–Crippen LogP) is 1.95. The minimum atomic E-state index is -0.767. The highest BCUT2D eigenvalue weighted by Gasteiger charge is 2.48. The van der Waals surface area contributed by atoms with Crippen LogP contribution in [0.1, 0.15) is 52.9 Å². The van der Waals surface area contributed by atoms with Gasteiger partial charge in [0.05, 0.1) is 24.9 Å². The Hall–Kier alpha value is -0.650. The van der Waals surface area contributed by atoms with Crippen molar-refractivity contribution in [1.82, 2.24) is 5.32 Å². The standard InChI is InChI=1S/C15H27NO4/c1-14(2,3)20-9-8-19-12-6-7-15(10-12,13(17)18)16-11-4-5-11/h11-12,16H,4-10H2,1-3H3,(H,17,18). The van der Waals surface area contributed by atoms with Gasteiger partial charge in [-0.2, -0.15) is 0 Å². The van der Waals surface area contributed by atoms with Crippen molar-refractivity contribution in [2.24, 2.45) is 0 Å². The fourth-order valence-corrected chi connectivity index (χ4v) is 2.71. The van der Waals surface area contributed by atoms with Crippen LogP contribution in [-0.2, 0) is 14.3 Å². The largest absolute Gasteiger partial charge is 0.480 e. The summed E-state index contributed by atoms with van der Waals surface area (Å²) in [5, 5.41) is 12.8. The number of ether oxygens (including phenoxy) is 2. The normalized spacial score (nSPS) is 30.6. The Morgan fingerprint density at radius 2 is 2.00 bits per heavy atom. The van der Waals surface area contributed by atoms with Crippen molar-refractivity contribution in [2.75, 3.05) is 13.2 Å². The molecule has 2 fully saturated rings. The number of carboxylic acids is 1. The van der Waals surface area contributed by atoms with Gasteiger partial charge in [-0.25, -0.2) is 0 Å². The summed E-state index contributed by atoms with van der Waals surface area (Å²) < 4.78 is 11.4. The van der Waals surface area contributed by atoms with E-state index in [1.165, 1.54) is 0 Å². The molecule has 2 atom stereocenters. The van der Waals surface area contributed by atoms with Crippen LogP contribution in [0, 0.1) is 0 Å². The number of nitrogens with one attached hydrogen (secondary N) is 1. The second-order valence-electron chi connectivity index (χ2n) is 7.00. The summed E-state index contributed by atoms with van der Waals surface area (Å²) in [7, 11) is 0. The van der Waals surface area contributed by atoms with Gasteiger partial charge in [-0.3, -0.25) is 10.1 Å². The Bertz CT molecular complexity index is 348. The highest BCUT2D eigenvalue weighted by atomic mass is 16.5. The molecule has 0 aromatic carbocycles. The van der Waals surface area contributed by atoms with Gasteiger partial charge < -0.3 is 14.6 Å². The zero-order valence-electron chi connectivity index (χ0n) is 12.8. The van der Waals surface area contributed by atoms with Gasteiger partial charge in [-0.15, -0.1) is 0 Å². The first-order valence-corrected chi connectivity index (χ1v) is 7.57. The molecule has 2 N–H and O–H groups in total. The van der Waals surface area contributed by atoms with Crippen LogP contribution in [0.5, 0.6) is 0 Å². The van der Waals surface area contributed by atoms with Crippen LogP contribution in [-0.4, -0.2) is 47.6 Å². The first-order chi connectivity index (χ1) is 9.31. The third kappa shape index (κ3) is 4.43. The van der Waals surface area contributed by atoms with Crippen LogP contribution in [0.25, 0.3) is 0 Å². The smallest absolute Gasteiger partial charge is 0.324 e. The molecule has 0 aromatic heterocycles. The lowest BCUT2D eigenvalue weighted by Crippen LogP contribution is -2.51. The molecule has 20 heavy (non-hydrogen) atoms. The van der Waals surface area contributed by atoms with E-state index in [2.05, 4.69) is 5.32 Å². The molecule has 2 saturated carbocycles. The topological polar surface area (TPSA) is 67.8 Å². The minimum absolute atomic E-state index is 0.0286. The number of rotatable bonds is 7. The van der Waals surface area contributed by atoms with Crippen molar-refractivity contribution >= 4 is 5.97 Å². The second kappa shape index (κ2) is 6.00. The van der Waals surface area contributed by atoms with E-state index in [4.69, 9.17) is 9.47 Å². The maximum atomic E-state index is 11.6. The van der Waals surface area contributed by atoms with Gasteiger partial charge in [0, 0.05) is 12.5 Å². The third-order valence-corrected chi connectivity index (χ3v) is 3.91. The average Bonchev–Trinajstić information content (AvgIpc) is 3.03. The quantitative estimate of drug-likeness (QED) is 0.700. The first-order valence-electron chi connectivity index (χ1n) is 7.57. The van der Waals surface area contributed by atoms with E-state index in [1.807, 2.05) is 20.8 Å². The van der Waals surface area contributed by atoms with Crippen molar-refractivity contribution in [3.05, 3.63) is 0 Å². The molecule has 2 unspecified atom stereocenters. The maximum Gasteiger partial charge on any atom is 0.324 e. The maximum absolute atomic E-state index is 11.6. The number of carbonyl (C=O) groups is 1. The summed E-state index contributed by atoms with van der Waals surface area (Å²) in [6.07, 6.45) is 4.25.